The van der Waals surface area contributed by atoms with Crippen molar-refractivity contribution in [1.82, 2.24) is 20.4 Å². The van der Waals surface area contributed by atoms with Crippen LogP contribution in [0.3, 0.4) is 0 Å². The summed E-state index contributed by atoms with van der Waals surface area (Å²) >= 11 is 0. The number of nitrogens with one attached hydrogen (secondary N) is 2. The van der Waals surface area contributed by atoms with Gasteiger partial charge >= 0.3 is 0 Å². The fourth-order valence-corrected chi connectivity index (χ4v) is 7.46. The van der Waals surface area contributed by atoms with E-state index in [0.717, 1.165) is 62.3 Å². The second-order valence-electron chi connectivity index (χ2n) is 13.5. The number of fused-ring (bicyclic) bond motifs is 1. The molecule has 3 unspecified atom stereocenters. The predicted molar refractivity (Wildman–Crippen MR) is 178 cm³/mol. The van der Waals surface area contributed by atoms with Crippen molar-refractivity contribution in [3.8, 4) is 0 Å². The predicted octanol–water partition coefficient (Wildman–Crippen LogP) is 2.29. The summed E-state index contributed by atoms with van der Waals surface area (Å²) in [6, 6.07) is 6.25. The first-order chi connectivity index (χ1) is 22.2. The molecule has 3 fully saturated rings. The van der Waals surface area contributed by atoms with Crippen molar-refractivity contribution in [3.63, 3.8) is 0 Å². The van der Waals surface area contributed by atoms with Gasteiger partial charge in [0.05, 0.1) is 30.2 Å². The van der Waals surface area contributed by atoms with Crippen molar-refractivity contribution < 1.29 is 28.7 Å². The fourth-order valence-electron chi connectivity index (χ4n) is 7.46. The Hall–Kier alpha value is -3.06. The normalized spacial score (nSPS) is 22.8. The molecule has 0 aromatic heterocycles. The van der Waals surface area contributed by atoms with Gasteiger partial charge in [-0.1, -0.05) is 12.1 Å². The number of anilines is 2. The van der Waals surface area contributed by atoms with E-state index in [4.69, 9.17) is 9.47 Å². The van der Waals surface area contributed by atoms with Gasteiger partial charge in [-0.05, 0) is 77.0 Å². The van der Waals surface area contributed by atoms with E-state index in [0.29, 0.717) is 44.1 Å². The molecule has 0 aliphatic carbocycles. The van der Waals surface area contributed by atoms with Gasteiger partial charge in [0, 0.05) is 70.9 Å². The summed E-state index contributed by atoms with van der Waals surface area (Å²) in [6.07, 6.45) is 9.21. The van der Waals surface area contributed by atoms with Crippen molar-refractivity contribution >= 4 is 36.5 Å². The number of nitrogens with zero attached hydrogens (tertiary/aromatic N) is 4. The number of benzene rings is 1. The van der Waals surface area contributed by atoms with Gasteiger partial charge < -0.3 is 24.6 Å². The monoisotopic (exact) mass is 642 g/mol. The number of likely N-dealkylation sites (tertiary alicyclic amines) is 1. The zero-order valence-corrected chi connectivity index (χ0v) is 28.1. The minimum atomic E-state index is -0.364. The Bertz CT molecular complexity index is 1160. The van der Waals surface area contributed by atoms with Gasteiger partial charge in [0.1, 0.15) is 0 Å². The molecule has 3 aliphatic heterocycles. The van der Waals surface area contributed by atoms with Gasteiger partial charge in [-0.15, -0.1) is 0 Å². The van der Waals surface area contributed by atoms with E-state index in [9.17, 15) is 19.2 Å². The highest BCUT2D eigenvalue weighted by atomic mass is 16.5. The molecule has 0 bridgehead atoms. The van der Waals surface area contributed by atoms with Gasteiger partial charge in [-0.3, -0.25) is 34.3 Å². The number of imide groups is 1. The molecule has 1 aromatic rings. The molecule has 46 heavy (non-hydrogen) atoms. The summed E-state index contributed by atoms with van der Waals surface area (Å²) in [7, 11) is 3.93. The van der Waals surface area contributed by atoms with Crippen LogP contribution in [0.15, 0.2) is 18.2 Å². The molecule has 12 heteroatoms. The highest BCUT2D eigenvalue weighted by Gasteiger charge is 2.45. The van der Waals surface area contributed by atoms with Crippen LogP contribution in [0.2, 0.25) is 0 Å². The quantitative estimate of drug-likeness (QED) is 0.154. The summed E-state index contributed by atoms with van der Waals surface area (Å²) in [5, 5.41) is 4.93. The SMILES string of the molecule is CC(CCC(=O)NC=O)N(C=O)c1cccc(CN2CC(OC(CCNC=O)CCOCC3CC[C@]4(C)CCCN34)C2)c1N(C)C. The number of rotatable bonds is 21. The third kappa shape index (κ3) is 9.27. The average molecular weight is 643 g/mol. The molecule has 4 rings (SSSR count). The van der Waals surface area contributed by atoms with Gasteiger partial charge in [0.2, 0.25) is 25.1 Å². The molecule has 4 amide bonds. The first-order valence-electron chi connectivity index (χ1n) is 16.8. The van der Waals surface area contributed by atoms with Crippen LogP contribution in [-0.2, 0) is 35.2 Å². The van der Waals surface area contributed by atoms with E-state index in [2.05, 4.69) is 33.4 Å². The fraction of sp³-hybridized carbons (Fsp3) is 0.706. The van der Waals surface area contributed by atoms with E-state index in [1.807, 2.05) is 38.1 Å². The van der Waals surface area contributed by atoms with Crippen LogP contribution < -0.4 is 20.4 Å². The largest absolute Gasteiger partial charge is 0.380 e. The molecule has 0 saturated carbocycles. The molecule has 3 aliphatic rings. The molecule has 12 nitrogen and oxygen atoms in total. The molecule has 3 saturated heterocycles. The molecule has 2 N–H and O–H groups in total. The number of carbonyl (C=O) groups excluding carboxylic acids is 4. The minimum Gasteiger partial charge on any atom is -0.380 e. The Kier molecular flexibility index (Phi) is 13.4. The van der Waals surface area contributed by atoms with Crippen LogP contribution in [0, 0.1) is 0 Å². The van der Waals surface area contributed by atoms with Gasteiger partial charge in [0.25, 0.3) is 0 Å². The number of ether oxygens (including phenoxy) is 2. The number of carbonyl (C=O) groups is 4. The smallest absolute Gasteiger partial charge is 0.226 e. The molecule has 0 radical (unpaired) electrons. The molecule has 1 aromatic carbocycles. The zero-order chi connectivity index (χ0) is 33.1. The van der Waals surface area contributed by atoms with E-state index in [-0.39, 0.29) is 30.6 Å². The van der Waals surface area contributed by atoms with Crippen molar-refractivity contribution in [2.24, 2.45) is 0 Å². The summed E-state index contributed by atoms with van der Waals surface area (Å²) in [4.78, 5) is 54.1. The molecular weight excluding hydrogens is 588 g/mol. The van der Waals surface area contributed by atoms with E-state index >= 15 is 0 Å². The summed E-state index contributed by atoms with van der Waals surface area (Å²) < 4.78 is 12.7. The highest BCUT2D eigenvalue weighted by Crippen LogP contribution is 2.42. The number of amides is 4. The molecule has 0 spiro atoms. The van der Waals surface area contributed by atoms with Crippen molar-refractivity contribution in [3.05, 3.63) is 23.8 Å². The second-order valence-corrected chi connectivity index (χ2v) is 13.5. The number of hydrogen-bond donors (Lipinski definition) is 2. The lowest BCUT2D eigenvalue weighted by atomic mass is 9.97. The summed E-state index contributed by atoms with van der Waals surface area (Å²) in [5.41, 5.74) is 3.20. The Morgan fingerprint density at radius 1 is 1.13 bits per heavy atom. The van der Waals surface area contributed by atoms with Crippen molar-refractivity contribution in [2.75, 3.05) is 63.3 Å². The first kappa shape index (κ1) is 35.8. The average Bonchev–Trinajstić information content (AvgIpc) is 3.54. The van der Waals surface area contributed by atoms with Crippen molar-refractivity contribution in [1.29, 1.82) is 0 Å². The minimum absolute atomic E-state index is 0.0112. The van der Waals surface area contributed by atoms with Crippen LogP contribution in [0.1, 0.15) is 70.8 Å². The van der Waals surface area contributed by atoms with Crippen LogP contribution >= 0.6 is 0 Å². The molecule has 256 valence electrons. The van der Waals surface area contributed by atoms with Crippen molar-refractivity contribution in [2.45, 2.75) is 102 Å². The second kappa shape index (κ2) is 17.2. The molecule has 3 heterocycles. The third-order valence-electron chi connectivity index (χ3n) is 9.98. The number of para-hydroxylation sites is 1. The first-order valence-corrected chi connectivity index (χ1v) is 16.8. The lowest BCUT2D eigenvalue weighted by Gasteiger charge is -2.41. The number of hydrogen-bond acceptors (Lipinski definition) is 9. The Morgan fingerprint density at radius 2 is 1.93 bits per heavy atom. The van der Waals surface area contributed by atoms with E-state index in [1.165, 1.54) is 32.2 Å². The summed E-state index contributed by atoms with van der Waals surface area (Å²) in [6.45, 7) is 9.78. The maximum absolute atomic E-state index is 12.2. The highest BCUT2D eigenvalue weighted by molar-refractivity contribution is 5.87. The lowest BCUT2D eigenvalue weighted by molar-refractivity contribution is -0.125. The molecular formula is C34H54N6O6. The van der Waals surface area contributed by atoms with E-state index in [1.54, 1.807) is 4.90 Å². The zero-order valence-electron chi connectivity index (χ0n) is 28.1. The van der Waals surface area contributed by atoms with Gasteiger partial charge in [-0.25, -0.2) is 0 Å². The van der Waals surface area contributed by atoms with Crippen LogP contribution in [0.4, 0.5) is 11.4 Å². The van der Waals surface area contributed by atoms with E-state index < -0.39 is 0 Å². The van der Waals surface area contributed by atoms with Crippen LogP contribution in [0.5, 0.6) is 0 Å². The van der Waals surface area contributed by atoms with Gasteiger partial charge in [-0.2, -0.15) is 0 Å². The Balaban J connectivity index is 1.28. The Labute approximate surface area is 274 Å². The Morgan fingerprint density at radius 3 is 2.65 bits per heavy atom. The van der Waals surface area contributed by atoms with Gasteiger partial charge in [0.15, 0.2) is 0 Å². The molecule has 4 atom stereocenters. The maximum atomic E-state index is 12.2. The summed E-state index contributed by atoms with van der Waals surface area (Å²) in [5.74, 6) is -0.364. The lowest BCUT2D eigenvalue weighted by Crippen LogP contribution is -2.53. The maximum Gasteiger partial charge on any atom is 0.226 e. The topological polar surface area (TPSA) is 124 Å². The third-order valence-corrected chi connectivity index (χ3v) is 9.98. The standard InChI is InChI=1S/C34H54N6O6/c1-26(9-10-32(44)36-24-42)39(25-43)31-8-5-7-27(33(31)37(3)4)19-38-20-30(21-38)46-29(12-16-35-23-41)13-18-45-22-28-11-15-34(2)14-6-17-40(28)34/h5,7-8,23-26,28-30H,6,9-22H2,1-4H3,(H,35,41)(H,36,42,44)/t26?,28?,29?,34-/m0/s1. The van der Waals surface area contributed by atoms with Crippen LogP contribution in [-0.4, -0.2) is 118 Å². The van der Waals surface area contributed by atoms with Crippen LogP contribution in [0.25, 0.3) is 0 Å².